The predicted molar refractivity (Wildman–Crippen MR) is 59.5 cm³/mol. The minimum atomic E-state index is 0.227. The van der Waals surface area contributed by atoms with Crippen LogP contribution in [-0.2, 0) is 0 Å². The Morgan fingerprint density at radius 2 is 2.29 bits per heavy atom. The van der Waals surface area contributed by atoms with Crippen molar-refractivity contribution in [2.45, 2.75) is 19.9 Å². The lowest BCUT2D eigenvalue weighted by Crippen LogP contribution is -2.10. The van der Waals surface area contributed by atoms with Gasteiger partial charge in [0.1, 0.15) is 5.82 Å². The summed E-state index contributed by atoms with van der Waals surface area (Å²) in [5.41, 5.74) is 7.11. The summed E-state index contributed by atoms with van der Waals surface area (Å²) in [5, 5.41) is 6.31. The first kappa shape index (κ1) is 9.27. The second-order valence-electron chi connectivity index (χ2n) is 3.34. The van der Waals surface area contributed by atoms with Crippen LogP contribution in [0.15, 0.2) is 23.7 Å². The molecule has 0 saturated heterocycles. The number of aryl methyl sites for hydroxylation is 1. The molecule has 2 heterocycles. The molecule has 3 nitrogen and oxygen atoms in total. The van der Waals surface area contributed by atoms with Crippen molar-refractivity contribution in [1.82, 2.24) is 9.78 Å². The Kier molecular flexibility index (Phi) is 2.29. The quantitative estimate of drug-likeness (QED) is 0.822. The van der Waals surface area contributed by atoms with E-state index < -0.39 is 0 Å². The van der Waals surface area contributed by atoms with E-state index in [9.17, 15) is 0 Å². The molecule has 2 rings (SSSR count). The maximum atomic E-state index is 5.80. The molecule has 1 atom stereocenters. The molecule has 0 amide bonds. The number of rotatable bonds is 2. The molecule has 0 aromatic carbocycles. The van der Waals surface area contributed by atoms with Gasteiger partial charge in [0.05, 0.1) is 12.2 Å². The molecule has 0 aliphatic rings. The number of nitrogens with two attached hydrogens (primary N) is 1. The molecule has 14 heavy (non-hydrogen) atoms. The average molecular weight is 207 g/mol. The van der Waals surface area contributed by atoms with Crippen molar-refractivity contribution in [2.24, 2.45) is 0 Å². The van der Waals surface area contributed by atoms with E-state index >= 15 is 0 Å². The largest absolute Gasteiger partial charge is 0.384 e. The van der Waals surface area contributed by atoms with E-state index in [1.807, 2.05) is 10.7 Å². The van der Waals surface area contributed by atoms with E-state index in [0.29, 0.717) is 5.82 Å². The van der Waals surface area contributed by atoms with E-state index in [4.69, 9.17) is 5.73 Å². The maximum absolute atomic E-state index is 5.80. The highest BCUT2D eigenvalue weighted by Crippen LogP contribution is 2.27. The van der Waals surface area contributed by atoms with E-state index in [0.717, 1.165) is 0 Å². The van der Waals surface area contributed by atoms with Crippen molar-refractivity contribution in [3.63, 3.8) is 0 Å². The zero-order chi connectivity index (χ0) is 10.1. The fraction of sp³-hybridized carbons (Fsp3) is 0.300. The minimum absolute atomic E-state index is 0.227. The first-order valence-corrected chi connectivity index (χ1v) is 5.41. The highest BCUT2D eigenvalue weighted by Gasteiger charge is 2.13. The summed E-state index contributed by atoms with van der Waals surface area (Å²) in [5.74, 6) is 0.713. The molecular weight excluding hydrogens is 194 g/mol. The molecule has 0 fully saturated rings. The van der Waals surface area contributed by atoms with Gasteiger partial charge in [-0.3, -0.25) is 0 Å². The van der Waals surface area contributed by atoms with E-state index in [1.54, 1.807) is 17.5 Å². The Labute approximate surface area is 87.2 Å². The molecule has 0 saturated carbocycles. The minimum Gasteiger partial charge on any atom is -0.384 e. The SMILES string of the molecule is Cc1ccsc1C(C)n1nccc1N. The fourth-order valence-electron chi connectivity index (χ4n) is 1.57. The van der Waals surface area contributed by atoms with Crippen molar-refractivity contribution in [1.29, 1.82) is 0 Å². The molecule has 0 aliphatic heterocycles. The van der Waals surface area contributed by atoms with Crippen molar-refractivity contribution < 1.29 is 0 Å². The summed E-state index contributed by atoms with van der Waals surface area (Å²) in [7, 11) is 0. The normalized spacial score (nSPS) is 13.0. The zero-order valence-electron chi connectivity index (χ0n) is 8.27. The molecule has 2 aromatic rings. The van der Waals surface area contributed by atoms with Gasteiger partial charge in [0.25, 0.3) is 0 Å². The number of nitrogen functional groups attached to an aromatic ring is 1. The van der Waals surface area contributed by atoms with Gasteiger partial charge >= 0.3 is 0 Å². The monoisotopic (exact) mass is 207 g/mol. The van der Waals surface area contributed by atoms with Crippen LogP contribution in [-0.4, -0.2) is 9.78 Å². The van der Waals surface area contributed by atoms with Crippen LogP contribution in [0.1, 0.15) is 23.4 Å². The lowest BCUT2D eigenvalue weighted by Gasteiger charge is -2.13. The second kappa shape index (κ2) is 3.46. The molecule has 0 spiro atoms. The van der Waals surface area contributed by atoms with Gasteiger partial charge in [0, 0.05) is 4.88 Å². The first-order chi connectivity index (χ1) is 6.70. The third kappa shape index (κ3) is 1.42. The van der Waals surface area contributed by atoms with Crippen molar-refractivity contribution in [3.8, 4) is 0 Å². The summed E-state index contributed by atoms with van der Waals surface area (Å²) in [4.78, 5) is 1.32. The Bertz CT molecular complexity index is 390. The predicted octanol–water partition coefficient (Wildman–Crippen LogP) is 2.44. The number of nitrogens with zero attached hydrogens (tertiary/aromatic N) is 2. The number of thiophene rings is 1. The van der Waals surface area contributed by atoms with Gasteiger partial charge in [-0.15, -0.1) is 11.3 Å². The molecule has 2 N–H and O–H groups in total. The number of aromatic nitrogens is 2. The van der Waals surface area contributed by atoms with Crippen LogP contribution in [0.3, 0.4) is 0 Å². The molecule has 74 valence electrons. The zero-order valence-corrected chi connectivity index (χ0v) is 9.08. The maximum Gasteiger partial charge on any atom is 0.122 e. The third-order valence-corrected chi connectivity index (χ3v) is 3.54. The summed E-state index contributed by atoms with van der Waals surface area (Å²) in [6, 6.07) is 4.17. The Morgan fingerprint density at radius 3 is 2.79 bits per heavy atom. The van der Waals surface area contributed by atoms with Crippen LogP contribution < -0.4 is 5.73 Å². The smallest absolute Gasteiger partial charge is 0.122 e. The van der Waals surface area contributed by atoms with Gasteiger partial charge in [-0.2, -0.15) is 5.10 Å². The Balaban J connectivity index is 2.38. The lowest BCUT2D eigenvalue weighted by molar-refractivity contribution is 0.579. The van der Waals surface area contributed by atoms with Crippen LogP contribution in [0, 0.1) is 6.92 Å². The van der Waals surface area contributed by atoms with Gasteiger partial charge in [-0.1, -0.05) is 0 Å². The van der Waals surface area contributed by atoms with E-state index in [1.165, 1.54) is 10.4 Å². The molecule has 2 aromatic heterocycles. The van der Waals surface area contributed by atoms with Crippen molar-refractivity contribution >= 4 is 17.2 Å². The highest BCUT2D eigenvalue weighted by molar-refractivity contribution is 7.10. The second-order valence-corrected chi connectivity index (χ2v) is 4.29. The Hall–Kier alpha value is -1.29. The topological polar surface area (TPSA) is 43.8 Å². The van der Waals surface area contributed by atoms with Crippen LogP contribution in [0.25, 0.3) is 0 Å². The standard InChI is InChI=1S/C10H13N3S/c1-7-4-6-14-10(7)8(2)13-9(11)3-5-12-13/h3-6,8H,11H2,1-2H3. The molecule has 4 heteroatoms. The van der Waals surface area contributed by atoms with Crippen molar-refractivity contribution in [3.05, 3.63) is 34.2 Å². The summed E-state index contributed by atoms with van der Waals surface area (Å²) < 4.78 is 1.85. The molecule has 1 unspecified atom stereocenters. The van der Waals surface area contributed by atoms with E-state index in [-0.39, 0.29) is 6.04 Å². The van der Waals surface area contributed by atoms with E-state index in [2.05, 4.69) is 30.4 Å². The molecule has 0 aliphatic carbocycles. The number of hydrogen-bond acceptors (Lipinski definition) is 3. The van der Waals surface area contributed by atoms with Crippen LogP contribution in [0.5, 0.6) is 0 Å². The van der Waals surface area contributed by atoms with Crippen LogP contribution in [0.2, 0.25) is 0 Å². The average Bonchev–Trinajstić information content (AvgIpc) is 2.73. The summed E-state index contributed by atoms with van der Waals surface area (Å²) in [6.45, 7) is 4.23. The lowest BCUT2D eigenvalue weighted by atomic mass is 10.2. The Morgan fingerprint density at radius 1 is 1.50 bits per heavy atom. The van der Waals surface area contributed by atoms with Crippen LogP contribution in [0.4, 0.5) is 5.82 Å². The van der Waals surface area contributed by atoms with Gasteiger partial charge in [-0.05, 0) is 36.9 Å². The number of hydrogen-bond donors (Lipinski definition) is 1. The number of anilines is 1. The highest BCUT2D eigenvalue weighted by atomic mass is 32.1. The molecule has 0 bridgehead atoms. The van der Waals surface area contributed by atoms with Gasteiger partial charge < -0.3 is 5.73 Å². The molecular formula is C10H13N3S. The fourth-order valence-corrected chi connectivity index (χ4v) is 2.54. The molecule has 0 radical (unpaired) electrons. The van der Waals surface area contributed by atoms with Gasteiger partial charge in [0.15, 0.2) is 0 Å². The summed E-state index contributed by atoms with van der Waals surface area (Å²) in [6.07, 6.45) is 1.73. The van der Waals surface area contributed by atoms with Crippen LogP contribution >= 0.6 is 11.3 Å². The van der Waals surface area contributed by atoms with Gasteiger partial charge in [-0.25, -0.2) is 4.68 Å². The van der Waals surface area contributed by atoms with Gasteiger partial charge in [0.2, 0.25) is 0 Å². The summed E-state index contributed by atoms with van der Waals surface area (Å²) >= 11 is 1.75. The first-order valence-electron chi connectivity index (χ1n) is 4.53. The van der Waals surface area contributed by atoms with Crippen molar-refractivity contribution in [2.75, 3.05) is 5.73 Å². The third-order valence-electron chi connectivity index (χ3n) is 2.35.